The molecule has 0 aromatic heterocycles. The van der Waals surface area contributed by atoms with Crippen LogP contribution in [0.25, 0.3) is 0 Å². The Balaban J connectivity index is 1.33. The van der Waals surface area contributed by atoms with E-state index in [0.29, 0.717) is 22.1 Å². The normalized spacial score (nSPS) is 31.7. The first-order chi connectivity index (χ1) is 50.0. The second-order valence-electron chi connectivity index (χ2n) is 32.2. The van der Waals surface area contributed by atoms with Gasteiger partial charge in [-0.05, 0) is 119 Å². The smallest absolute Gasteiger partial charge is 0.381 e. The summed E-state index contributed by atoms with van der Waals surface area (Å²) in [6.45, 7) is 7.92. The molecular formula is C74H115ClF6N12O14. The molecule has 7 aliphatic rings. The first-order valence-electron chi connectivity index (χ1n) is 37.9. The molecule has 12 atom stereocenters. The average molecular weight is 1550 g/mol. The summed E-state index contributed by atoms with van der Waals surface area (Å²) in [5.74, 6) is -13.1. The highest BCUT2D eigenvalue weighted by molar-refractivity contribution is 6.21. The highest BCUT2D eigenvalue weighted by Crippen LogP contribution is 2.50. The van der Waals surface area contributed by atoms with Gasteiger partial charge in [0, 0.05) is 101 Å². The number of rotatable bonds is 12. The lowest BCUT2D eigenvalue weighted by atomic mass is 9.58. The van der Waals surface area contributed by atoms with Crippen LogP contribution in [-0.2, 0) is 67.0 Å². The average Bonchev–Trinajstić information content (AvgIpc) is 1.41. The van der Waals surface area contributed by atoms with Gasteiger partial charge in [-0.3, -0.25) is 57.5 Å². The lowest BCUT2D eigenvalue weighted by Gasteiger charge is -2.54. The molecule has 1 spiro atoms. The predicted molar refractivity (Wildman–Crippen MR) is 383 cm³/mol. The first kappa shape index (κ1) is 87.4. The third kappa shape index (κ3) is 22.2. The van der Waals surface area contributed by atoms with E-state index < -0.39 is 198 Å². The van der Waals surface area contributed by atoms with Crippen molar-refractivity contribution in [1.82, 2.24) is 60.0 Å². The molecule has 0 aromatic carbocycles. The molecule has 3 N–H and O–H groups in total. The van der Waals surface area contributed by atoms with Crippen molar-refractivity contribution in [2.24, 2.45) is 35.0 Å². The minimum absolute atomic E-state index is 0.000467. The molecule has 3 saturated carbocycles. The number of carbonyl (C=O) groups excluding carboxylic acids is 12. The number of hydrogen-bond donors (Lipinski definition) is 3. The molecule has 3 unspecified atom stereocenters. The Morgan fingerprint density at radius 2 is 1.30 bits per heavy atom. The van der Waals surface area contributed by atoms with E-state index in [1.807, 2.05) is 6.08 Å². The molecule has 33 heteroatoms. The summed E-state index contributed by atoms with van der Waals surface area (Å²) >= 11 is 6.42. The number of likely N-dealkylation sites (N-methyl/N-ethyl adjacent to an activating group) is 7. The molecule has 3 saturated heterocycles. The molecule has 4 heterocycles. The number of hydrogen-bond acceptors (Lipinski definition) is 14. The monoisotopic (exact) mass is 1540 g/mol. The fourth-order valence-corrected chi connectivity index (χ4v) is 17.6. The minimum Gasteiger partial charge on any atom is -0.381 e. The van der Waals surface area contributed by atoms with Gasteiger partial charge in [0.25, 0.3) is 0 Å². The molecule has 604 valence electrons. The Hall–Kier alpha value is -6.83. The van der Waals surface area contributed by atoms with Gasteiger partial charge >= 0.3 is 12.4 Å². The van der Waals surface area contributed by atoms with E-state index in [1.54, 1.807) is 33.8 Å². The zero-order valence-electron chi connectivity index (χ0n) is 64.5. The van der Waals surface area contributed by atoms with E-state index >= 15 is 41.9 Å². The van der Waals surface area contributed by atoms with E-state index in [0.717, 1.165) is 64.3 Å². The molecule has 107 heavy (non-hydrogen) atoms. The first-order valence-corrected chi connectivity index (χ1v) is 38.4. The van der Waals surface area contributed by atoms with E-state index in [2.05, 4.69) is 22.9 Å². The maximum atomic E-state index is 15.6. The van der Waals surface area contributed by atoms with E-state index in [1.165, 1.54) is 52.1 Å². The fourth-order valence-electron chi connectivity index (χ4n) is 17.1. The SMILES string of the molecule is CCC[C@H]1C(=O)N[C@@H](C2CCOCC2)C(=O)N(C)CC(=O)N(C)[C@H]2C/C=C\CCN(C2=O)[C@@H](CC2CCC(C)CC2)C(=O)N(C)CC(=O)N[C@@H](CCC2CCC(C(F)(F)F)C(Cl)C2)C(=O)N2C[C@H](OCC)C[C@H]2C(=O)NC2(CC(C)(C)C2)C(=O)N(C)[C@@H](CC(F)(F)F)C(=O)N(C)[C@H](C(=O)N(C)C)CC(=O)N1C. The van der Waals surface area contributed by atoms with Crippen LogP contribution in [0, 0.1) is 35.0 Å². The molecule has 0 radical (unpaired) electrons. The lowest BCUT2D eigenvalue weighted by Crippen LogP contribution is -2.71. The highest BCUT2D eigenvalue weighted by atomic mass is 35.5. The molecule has 12 amide bonds. The van der Waals surface area contributed by atoms with Crippen molar-refractivity contribution in [3.63, 3.8) is 0 Å². The van der Waals surface area contributed by atoms with E-state index in [-0.39, 0.29) is 129 Å². The van der Waals surface area contributed by atoms with Crippen molar-refractivity contribution in [3.05, 3.63) is 12.2 Å². The second-order valence-corrected chi connectivity index (χ2v) is 32.7. The van der Waals surface area contributed by atoms with Gasteiger partial charge in [0.15, 0.2) is 0 Å². The van der Waals surface area contributed by atoms with Crippen molar-refractivity contribution in [3.8, 4) is 0 Å². The number of nitrogens with one attached hydrogen (secondary N) is 3. The molecular weight excluding hydrogens is 1430 g/mol. The van der Waals surface area contributed by atoms with Crippen molar-refractivity contribution in [2.75, 3.05) is 102 Å². The van der Waals surface area contributed by atoms with Crippen LogP contribution in [0.3, 0.4) is 0 Å². The number of fused-ring (bicyclic) bond motifs is 3. The standard InChI is InChI=1S/C74H115ClF6N12O14/c1-14-19-52-62(97)83-61(47-29-32-106-33-30-47)69(104)87(9)41-60(96)89(11)53-20-17-16-18-31-92(68(53)103)56(35-46-23-21-44(3)22-24-46)66(101)86(8)40-58(94)82-51(28-26-45-25-27-49(50(75)34-45)74(79,80)81)64(99)93-39-48(107-15-2)36-54(93)63(98)84-72(42-71(4,5)43-72)70(105)91(13)57(38-73(76,77)78)67(102)90(12)55(65(100)85(6)7)37-59(95)88(52)10/h16-17,44-57,61H,14-15,18-43H2,1-13H3,(H,82,94)(H,83,97)(H,84,98)/b17-16-/t44?,45?,46?,48-,49?,50?,51+,52+,53+,54+,55+,56+,57+,61+/m1/s1. The highest BCUT2D eigenvalue weighted by Gasteiger charge is 2.60. The number of halogens is 7. The topological polar surface area (TPSA) is 289 Å². The summed E-state index contributed by atoms with van der Waals surface area (Å²) in [5.41, 5.74) is -2.81. The van der Waals surface area contributed by atoms with Gasteiger partial charge in [-0.2, -0.15) is 26.3 Å². The van der Waals surface area contributed by atoms with Gasteiger partial charge in [-0.15, -0.1) is 11.6 Å². The molecule has 7 rings (SSSR count). The van der Waals surface area contributed by atoms with Crippen LogP contribution < -0.4 is 16.0 Å². The summed E-state index contributed by atoms with van der Waals surface area (Å²) in [5, 5.41) is 7.10. The fraction of sp³-hybridized carbons (Fsp3) is 0.811. The molecule has 26 nitrogen and oxygen atoms in total. The van der Waals surface area contributed by atoms with Gasteiger partial charge in [-0.1, -0.05) is 72.0 Å². The Labute approximate surface area is 630 Å². The van der Waals surface area contributed by atoms with E-state index in [4.69, 9.17) is 21.1 Å². The van der Waals surface area contributed by atoms with Crippen LogP contribution in [0.2, 0.25) is 0 Å². The van der Waals surface area contributed by atoms with Gasteiger partial charge < -0.3 is 69.5 Å². The second kappa shape index (κ2) is 37.3. The summed E-state index contributed by atoms with van der Waals surface area (Å²) in [6.07, 6.45) is -6.55. The number of nitrogens with zero attached hydrogens (tertiary/aromatic N) is 9. The molecule has 3 aliphatic carbocycles. The summed E-state index contributed by atoms with van der Waals surface area (Å²) in [7, 11) is 9.90. The summed E-state index contributed by atoms with van der Waals surface area (Å²) in [4.78, 5) is 190. The Kier molecular flexibility index (Phi) is 30.4. The Morgan fingerprint density at radius 3 is 1.89 bits per heavy atom. The maximum Gasteiger partial charge on any atom is 0.393 e. The van der Waals surface area contributed by atoms with E-state index in [9.17, 15) is 41.9 Å². The van der Waals surface area contributed by atoms with Crippen molar-refractivity contribution in [2.45, 2.75) is 247 Å². The van der Waals surface area contributed by atoms with Crippen molar-refractivity contribution >= 4 is 82.5 Å². The largest absolute Gasteiger partial charge is 0.393 e. The number of amides is 12. The van der Waals surface area contributed by atoms with Crippen LogP contribution in [-0.4, -0.2) is 295 Å². The summed E-state index contributed by atoms with van der Waals surface area (Å²) in [6, 6.07) is -12.4. The Bertz CT molecular complexity index is 3220. The third-order valence-corrected chi connectivity index (χ3v) is 23.6. The number of alkyl halides is 7. The van der Waals surface area contributed by atoms with Crippen LogP contribution in [0.1, 0.15) is 169 Å². The lowest BCUT2D eigenvalue weighted by molar-refractivity contribution is -0.182. The number of ether oxygens (including phenoxy) is 2. The minimum atomic E-state index is -5.17. The van der Waals surface area contributed by atoms with Crippen molar-refractivity contribution < 1.29 is 93.4 Å². The van der Waals surface area contributed by atoms with Crippen LogP contribution in [0.15, 0.2) is 12.2 Å². The van der Waals surface area contributed by atoms with Crippen molar-refractivity contribution in [1.29, 1.82) is 0 Å². The van der Waals surface area contributed by atoms with Gasteiger partial charge in [0.2, 0.25) is 70.9 Å². The van der Waals surface area contributed by atoms with Gasteiger partial charge in [0.05, 0.1) is 38.0 Å². The molecule has 4 aliphatic heterocycles. The quantitative estimate of drug-likeness (QED) is 0.121. The van der Waals surface area contributed by atoms with Gasteiger partial charge in [-0.25, -0.2) is 0 Å². The molecule has 2 bridgehead atoms. The number of carbonyl (C=O) groups is 12. The van der Waals surface area contributed by atoms with Crippen LogP contribution in [0.4, 0.5) is 26.3 Å². The third-order valence-electron chi connectivity index (χ3n) is 23.2. The van der Waals surface area contributed by atoms with Gasteiger partial charge in [0.1, 0.15) is 53.9 Å². The Morgan fingerprint density at radius 1 is 0.664 bits per heavy atom. The maximum absolute atomic E-state index is 15.6. The zero-order valence-corrected chi connectivity index (χ0v) is 65.3. The zero-order chi connectivity index (χ0) is 79.5. The summed E-state index contributed by atoms with van der Waals surface area (Å²) < 4.78 is 99.2. The molecule has 0 aromatic rings. The van der Waals surface area contributed by atoms with Crippen LogP contribution >= 0.6 is 11.6 Å². The van der Waals surface area contributed by atoms with Crippen LogP contribution in [0.5, 0.6) is 0 Å². The molecule has 6 fully saturated rings. The predicted octanol–water partition coefficient (Wildman–Crippen LogP) is 5.66.